The summed E-state index contributed by atoms with van der Waals surface area (Å²) >= 11 is 7.01. The maximum absolute atomic E-state index is 9.69. The summed E-state index contributed by atoms with van der Waals surface area (Å²) in [7, 11) is 1.64. The minimum atomic E-state index is 0.327. The molecular formula is C16H17Br2NO2. The normalized spacial score (nSPS) is 10.5. The largest absolute Gasteiger partial charge is 0.508 e. The van der Waals surface area contributed by atoms with Gasteiger partial charge in [-0.05, 0) is 86.7 Å². The lowest BCUT2D eigenvalue weighted by atomic mass is 10.1. The van der Waals surface area contributed by atoms with Crippen LogP contribution in [-0.4, -0.2) is 12.2 Å². The Balaban J connectivity index is 2.19. The molecule has 0 aliphatic carbocycles. The average molecular weight is 415 g/mol. The van der Waals surface area contributed by atoms with Gasteiger partial charge in [0.05, 0.1) is 16.1 Å². The van der Waals surface area contributed by atoms with E-state index in [1.165, 1.54) is 0 Å². The van der Waals surface area contributed by atoms with Crippen molar-refractivity contribution >= 4 is 37.5 Å². The second kappa shape index (κ2) is 6.71. The number of nitrogens with one attached hydrogen (secondary N) is 1. The number of hydrogen-bond donors (Lipinski definition) is 2. The average Bonchev–Trinajstić information content (AvgIpc) is 2.41. The number of phenolic OH excluding ortho intramolecular Hbond substituents is 1. The lowest BCUT2D eigenvalue weighted by Crippen LogP contribution is -2.02. The topological polar surface area (TPSA) is 41.5 Å². The van der Waals surface area contributed by atoms with Crippen LogP contribution in [0.2, 0.25) is 0 Å². The van der Waals surface area contributed by atoms with E-state index < -0.39 is 0 Å². The fourth-order valence-electron chi connectivity index (χ4n) is 2.10. The molecule has 0 aromatic heterocycles. The van der Waals surface area contributed by atoms with Gasteiger partial charge in [-0.2, -0.15) is 0 Å². The van der Waals surface area contributed by atoms with Gasteiger partial charge in [-0.3, -0.25) is 0 Å². The van der Waals surface area contributed by atoms with Gasteiger partial charge < -0.3 is 15.2 Å². The Kier molecular flexibility index (Phi) is 5.17. The Morgan fingerprint density at radius 1 is 1.05 bits per heavy atom. The summed E-state index contributed by atoms with van der Waals surface area (Å²) in [4.78, 5) is 0. The van der Waals surface area contributed by atoms with Crippen molar-refractivity contribution in [2.45, 2.75) is 20.4 Å². The number of benzene rings is 2. The Labute approximate surface area is 141 Å². The van der Waals surface area contributed by atoms with Crippen LogP contribution in [0.15, 0.2) is 33.2 Å². The van der Waals surface area contributed by atoms with Crippen LogP contribution in [0.3, 0.4) is 0 Å². The zero-order chi connectivity index (χ0) is 15.6. The van der Waals surface area contributed by atoms with Gasteiger partial charge in [0, 0.05) is 12.2 Å². The van der Waals surface area contributed by atoms with E-state index >= 15 is 0 Å². The molecule has 2 N–H and O–H groups in total. The van der Waals surface area contributed by atoms with E-state index in [2.05, 4.69) is 37.2 Å². The summed E-state index contributed by atoms with van der Waals surface area (Å²) in [5.74, 6) is 1.11. The highest BCUT2D eigenvalue weighted by molar-refractivity contribution is 9.11. The van der Waals surface area contributed by atoms with Crippen LogP contribution in [0, 0.1) is 13.8 Å². The highest BCUT2D eigenvalue weighted by Crippen LogP contribution is 2.34. The molecule has 112 valence electrons. The lowest BCUT2D eigenvalue weighted by Gasteiger charge is -2.13. The van der Waals surface area contributed by atoms with E-state index in [-0.39, 0.29) is 0 Å². The molecule has 0 aliphatic rings. The Morgan fingerprint density at radius 2 is 1.67 bits per heavy atom. The van der Waals surface area contributed by atoms with Crippen LogP contribution in [0.4, 0.5) is 5.69 Å². The molecule has 0 unspecified atom stereocenters. The van der Waals surface area contributed by atoms with Crippen molar-refractivity contribution in [1.82, 2.24) is 0 Å². The fourth-order valence-corrected chi connectivity index (χ4v) is 3.70. The third-order valence-electron chi connectivity index (χ3n) is 3.29. The molecule has 3 nitrogen and oxygen atoms in total. The van der Waals surface area contributed by atoms with Crippen LogP contribution in [0.1, 0.15) is 16.7 Å². The van der Waals surface area contributed by atoms with E-state index in [1.807, 2.05) is 32.0 Å². The van der Waals surface area contributed by atoms with Gasteiger partial charge in [-0.1, -0.05) is 0 Å². The second-order valence-electron chi connectivity index (χ2n) is 4.90. The molecule has 0 aliphatic heterocycles. The summed E-state index contributed by atoms with van der Waals surface area (Å²) in [6.07, 6.45) is 0. The van der Waals surface area contributed by atoms with Crippen molar-refractivity contribution in [1.29, 1.82) is 0 Å². The van der Waals surface area contributed by atoms with Crippen molar-refractivity contribution in [3.63, 3.8) is 0 Å². The molecule has 0 heterocycles. The first kappa shape index (κ1) is 16.2. The molecule has 2 aromatic rings. The van der Waals surface area contributed by atoms with Crippen molar-refractivity contribution < 1.29 is 9.84 Å². The predicted molar refractivity (Wildman–Crippen MR) is 93.3 cm³/mol. The first-order valence-corrected chi connectivity index (χ1v) is 8.07. The maximum atomic E-state index is 9.69. The quantitative estimate of drug-likeness (QED) is 0.679. The van der Waals surface area contributed by atoms with Gasteiger partial charge in [0.15, 0.2) is 0 Å². The molecule has 5 heteroatoms. The van der Waals surface area contributed by atoms with Gasteiger partial charge >= 0.3 is 0 Å². The molecule has 0 saturated heterocycles. The smallest absolute Gasteiger partial charge is 0.147 e. The van der Waals surface area contributed by atoms with Gasteiger partial charge in [-0.25, -0.2) is 0 Å². The zero-order valence-electron chi connectivity index (χ0n) is 12.1. The Morgan fingerprint density at radius 3 is 2.24 bits per heavy atom. The molecule has 0 spiro atoms. The number of aryl methyl sites for hydroxylation is 2. The van der Waals surface area contributed by atoms with E-state index in [1.54, 1.807) is 13.2 Å². The van der Waals surface area contributed by atoms with Crippen LogP contribution < -0.4 is 10.1 Å². The number of halogens is 2. The van der Waals surface area contributed by atoms with E-state index in [0.29, 0.717) is 12.3 Å². The Bertz CT molecular complexity index is 649. The van der Waals surface area contributed by atoms with E-state index in [4.69, 9.17) is 4.74 Å². The number of anilines is 1. The minimum Gasteiger partial charge on any atom is -0.508 e. The third-order valence-corrected chi connectivity index (χ3v) is 4.47. The summed E-state index contributed by atoms with van der Waals surface area (Å²) in [6.45, 7) is 4.55. The fraction of sp³-hybridized carbons (Fsp3) is 0.250. The van der Waals surface area contributed by atoms with Crippen molar-refractivity contribution in [3.05, 3.63) is 49.9 Å². The molecule has 2 rings (SSSR count). The first-order valence-electron chi connectivity index (χ1n) is 6.48. The summed E-state index contributed by atoms with van der Waals surface area (Å²) in [5.41, 5.74) is 4.03. The molecule has 0 radical (unpaired) electrons. The minimum absolute atomic E-state index is 0.327. The number of hydrogen-bond acceptors (Lipinski definition) is 3. The van der Waals surface area contributed by atoms with Gasteiger partial charge in [-0.15, -0.1) is 0 Å². The number of ether oxygens (including phenoxy) is 1. The standard InChI is InChI=1S/C16H17Br2NO2/c1-9-5-15(20)10(2)4-14(9)19-8-11-6-12(17)16(21-3)13(18)7-11/h4-7,19-20H,8H2,1-3H3. The highest BCUT2D eigenvalue weighted by Gasteiger charge is 2.08. The monoisotopic (exact) mass is 413 g/mol. The molecule has 0 amide bonds. The molecule has 2 aromatic carbocycles. The molecule has 21 heavy (non-hydrogen) atoms. The maximum Gasteiger partial charge on any atom is 0.147 e. The molecule has 0 bridgehead atoms. The summed E-state index contributed by atoms with van der Waals surface area (Å²) in [6, 6.07) is 7.79. The van der Waals surface area contributed by atoms with Crippen molar-refractivity contribution in [2.75, 3.05) is 12.4 Å². The van der Waals surface area contributed by atoms with Crippen molar-refractivity contribution in [3.8, 4) is 11.5 Å². The van der Waals surface area contributed by atoms with Crippen LogP contribution in [0.25, 0.3) is 0 Å². The van der Waals surface area contributed by atoms with Crippen LogP contribution in [0.5, 0.6) is 11.5 Å². The predicted octanol–water partition coefficient (Wildman–Crippen LogP) is 5.15. The van der Waals surface area contributed by atoms with Gasteiger partial charge in [0.25, 0.3) is 0 Å². The first-order chi connectivity index (χ1) is 9.92. The Hall–Kier alpha value is -1.20. The molecule has 0 atom stereocenters. The summed E-state index contributed by atoms with van der Waals surface area (Å²) in [5, 5.41) is 13.1. The van der Waals surface area contributed by atoms with E-state index in [0.717, 1.165) is 37.1 Å². The van der Waals surface area contributed by atoms with Gasteiger partial charge in [0.2, 0.25) is 0 Å². The number of methoxy groups -OCH3 is 1. The highest BCUT2D eigenvalue weighted by atomic mass is 79.9. The third kappa shape index (κ3) is 3.71. The van der Waals surface area contributed by atoms with Crippen LogP contribution >= 0.6 is 31.9 Å². The molecular weight excluding hydrogens is 398 g/mol. The number of rotatable bonds is 4. The number of phenols is 1. The lowest BCUT2D eigenvalue weighted by molar-refractivity contribution is 0.409. The van der Waals surface area contributed by atoms with Crippen LogP contribution in [-0.2, 0) is 6.54 Å². The zero-order valence-corrected chi connectivity index (χ0v) is 15.3. The van der Waals surface area contributed by atoms with Crippen molar-refractivity contribution in [2.24, 2.45) is 0 Å². The number of aromatic hydroxyl groups is 1. The molecule has 0 fully saturated rings. The second-order valence-corrected chi connectivity index (χ2v) is 6.61. The SMILES string of the molecule is COc1c(Br)cc(CNc2cc(C)c(O)cc2C)cc1Br. The molecule has 0 saturated carbocycles. The summed E-state index contributed by atoms with van der Waals surface area (Å²) < 4.78 is 7.12. The van der Waals surface area contributed by atoms with Gasteiger partial charge in [0.1, 0.15) is 11.5 Å². The van der Waals surface area contributed by atoms with E-state index in [9.17, 15) is 5.11 Å².